The van der Waals surface area contributed by atoms with Gasteiger partial charge in [-0.05, 0) is 20.5 Å². The zero-order valence-corrected chi connectivity index (χ0v) is 9.79. The SMILES string of the molecule is CCNCC(O)CN(C)C(C)COC. The largest absolute Gasteiger partial charge is 0.390 e. The minimum atomic E-state index is -0.306. The molecule has 14 heavy (non-hydrogen) atoms. The van der Waals surface area contributed by atoms with Crippen LogP contribution in [0, 0.1) is 0 Å². The topological polar surface area (TPSA) is 44.7 Å². The molecule has 0 aliphatic carbocycles. The molecule has 0 aromatic carbocycles. The number of aliphatic hydroxyl groups excluding tert-OH is 1. The normalized spacial score (nSPS) is 15.9. The van der Waals surface area contributed by atoms with Gasteiger partial charge in [0.2, 0.25) is 0 Å². The van der Waals surface area contributed by atoms with Gasteiger partial charge < -0.3 is 15.2 Å². The van der Waals surface area contributed by atoms with Crippen LogP contribution in [0.15, 0.2) is 0 Å². The molecule has 0 aromatic rings. The Hall–Kier alpha value is -0.160. The molecule has 4 nitrogen and oxygen atoms in total. The highest BCUT2D eigenvalue weighted by atomic mass is 16.5. The van der Waals surface area contributed by atoms with Gasteiger partial charge in [0.05, 0.1) is 12.7 Å². The third-order valence-electron chi connectivity index (χ3n) is 2.29. The van der Waals surface area contributed by atoms with E-state index in [1.54, 1.807) is 7.11 Å². The molecule has 0 spiro atoms. The van der Waals surface area contributed by atoms with Crippen molar-refractivity contribution in [2.75, 3.05) is 40.4 Å². The standard InChI is InChI=1S/C10H24N2O2/c1-5-11-6-10(13)7-12(3)9(2)8-14-4/h9-11,13H,5-8H2,1-4H3. The fraction of sp³-hybridized carbons (Fsp3) is 1.00. The molecule has 0 aliphatic rings. The summed E-state index contributed by atoms with van der Waals surface area (Å²) in [7, 11) is 3.69. The summed E-state index contributed by atoms with van der Waals surface area (Å²) in [5.74, 6) is 0. The summed E-state index contributed by atoms with van der Waals surface area (Å²) in [5.41, 5.74) is 0. The highest BCUT2D eigenvalue weighted by Gasteiger charge is 2.12. The molecule has 0 saturated heterocycles. The van der Waals surface area contributed by atoms with Crippen LogP contribution in [0.5, 0.6) is 0 Å². The monoisotopic (exact) mass is 204 g/mol. The van der Waals surface area contributed by atoms with E-state index in [0.717, 1.165) is 6.54 Å². The summed E-state index contributed by atoms with van der Waals surface area (Å²) in [6, 6.07) is 0.344. The van der Waals surface area contributed by atoms with E-state index in [2.05, 4.69) is 17.1 Å². The van der Waals surface area contributed by atoms with E-state index in [9.17, 15) is 5.11 Å². The van der Waals surface area contributed by atoms with Gasteiger partial charge in [-0.3, -0.25) is 4.90 Å². The van der Waals surface area contributed by atoms with Gasteiger partial charge in [0, 0.05) is 26.2 Å². The molecule has 2 unspecified atom stereocenters. The maximum absolute atomic E-state index is 9.62. The molecule has 2 N–H and O–H groups in total. The molecule has 0 bridgehead atoms. The van der Waals surface area contributed by atoms with Crippen molar-refractivity contribution in [1.82, 2.24) is 10.2 Å². The summed E-state index contributed by atoms with van der Waals surface area (Å²) in [5, 5.41) is 12.7. The van der Waals surface area contributed by atoms with E-state index < -0.39 is 0 Å². The first kappa shape index (κ1) is 13.8. The van der Waals surface area contributed by atoms with Crippen molar-refractivity contribution in [2.45, 2.75) is 26.0 Å². The third-order valence-corrected chi connectivity index (χ3v) is 2.29. The maximum Gasteiger partial charge on any atom is 0.0791 e. The first-order chi connectivity index (χ1) is 6.61. The van der Waals surface area contributed by atoms with Crippen LogP contribution in [0.25, 0.3) is 0 Å². The predicted molar refractivity (Wildman–Crippen MR) is 58.5 cm³/mol. The molecule has 4 heteroatoms. The van der Waals surface area contributed by atoms with Gasteiger partial charge in [-0.15, -0.1) is 0 Å². The Kier molecular flexibility index (Phi) is 8.08. The van der Waals surface area contributed by atoms with Crippen molar-refractivity contribution in [2.24, 2.45) is 0 Å². The van der Waals surface area contributed by atoms with E-state index in [1.165, 1.54) is 0 Å². The lowest BCUT2D eigenvalue weighted by Gasteiger charge is -2.26. The summed E-state index contributed by atoms with van der Waals surface area (Å²) >= 11 is 0. The van der Waals surface area contributed by atoms with Crippen LogP contribution in [0.2, 0.25) is 0 Å². The molecule has 0 rings (SSSR count). The van der Waals surface area contributed by atoms with Gasteiger partial charge in [0.15, 0.2) is 0 Å². The first-order valence-corrected chi connectivity index (χ1v) is 5.19. The minimum absolute atomic E-state index is 0.306. The van der Waals surface area contributed by atoms with E-state index >= 15 is 0 Å². The van der Waals surface area contributed by atoms with Gasteiger partial charge in [0.25, 0.3) is 0 Å². The maximum atomic E-state index is 9.62. The van der Waals surface area contributed by atoms with Crippen molar-refractivity contribution in [3.05, 3.63) is 0 Å². The van der Waals surface area contributed by atoms with Crippen molar-refractivity contribution < 1.29 is 9.84 Å². The van der Waals surface area contributed by atoms with Crippen LogP contribution >= 0.6 is 0 Å². The minimum Gasteiger partial charge on any atom is -0.390 e. The first-order valence-electron chi connectivity index (χ1n) is 5.19. The van der Waals surface area contributed by atoms with Crippen molar-refractivity contribution in [3.8, 4) is 0 Å². The molecule has 0 saturated carbocycles. The molecule has 0 fully saturated rings. The van der Waals surface area contributed by atoms with Crippen molar-refractivity contribution in [3.63, 3.8) is 0 Å². The van der Waals surface area contributed by atoms with Gasteiger partial charge in [-0.1, -0.05) is 6.92 Å². The lowest BCUT2D eigenvalue weighted by molar-refractivity contribution is 0.0711. The molecule has 0 amide bonds. The second-order valence-corrected chi connectivity index (χ2v) is 3.71. The van der Waals surface area contributed by atoms with E-state index in [4.69, 9.17) is 4.74 Å². The van der Waals surface area contributed by atoms with Crippen LogP contribution in [-0.4, -0.2) is 62.6 Å². The number of hydrogen-bond acceptors (Lipinski definition) is 4. The van der Waals surface area contributed by atoms with Gasteiger partial charge in [0.1, 0.15) is 0 Å². The highest BCUT2D eigenvalue weighted by molar-refractivity contribution is 4.68. The molecular formula is C10H24N2O2. The Balaban J connectivity index is 3.63. The number of ether oxygens (including phenoxy) is 1. The number of nitrogens with one attached hydrogen (secondary N) is 1. The summed E-state index contributed by atoms with van der Waals surface area (Å²) in [6.07, 6.45) is -0.306. The van der Waals surface area contributed by atoms with E-state index in [0.29, 0.717) is 25.7 Å². The third kappa shape index (κ3) is 6.32. The molecule has 86 valence electrons. The molecule has 2 atom stereocenters. The summed E-state index contributed by atoms with van der Waals surface area (Å²) in [4.78, 5) is 2.10. The quantitative estimate of drug-likeness (QED) is 0.581. The lowest BCUT2D eigenvalue weighted by atomic mass is 10.2. The molecule has 0 aliphatic heterocycles. The Labute approximate surface area is 87.2 Å². The van der Waals surface area contributed by atoms with E-state index in [-0.39, 0.29) is 6.10 Å². The van der Waals surface area contributed by atoms with Crippen molar-refractivity contribution in [1.29, 1.82) is 0 Å². The fourth-order valence-corrected chi connectivity index (χ4v) is 1.26. The Morgan fingerprint density at radius 2 is 2.14 bits per heavy atom. The predicted octanol–water partition coefficient (Wildman–Crippen LogP) is -0.0765. The van der Waals surface area contributed by atoms with Gasteiger partial charge in [-0.2, -0.15) is 0 Å². The molecule has 0 radical (unpaired) electrons. The van der Waals surface area contributed by atoms with Crippen LogP contribution in [0.1, 0.15) is 13.8 Å². The fourth-order valence-electron chi connectivity index (χ4n) is 1.26. The number of nitrogens with zero attached hydrogens (tertiary/aromatic N) is 1. The second-order valence-electron chi connectivity index (χ2n) is 3.71. The number of likely N-dealkylation sites (N-methyl/N-ethyl adjacent to an activating group) is 2. The number of methoxy groups -OCH3 is 1. The van der Waals surface area contributed by atoms with Crippen LogP contribution in [-0.2, 0) is 4.74 Å². The molecule has 0 heterocycles. The van der Waals surface area contributed by atoms with E-state index in [1.807, 2.05) is 14.0 Å². The highest BCUT2D eigenvalue weighted by Crippen LogP contribution is 1.97. The average Bonchev–Trinajstić information content (AvgIpc) is 2.15. The Bertz CT molecular complexity index is 133. The summed E-state index contributed by atoms with van der Waals surface area (Å²) in [6.45, 7) is 7.05. The summed E-state index contributed by atoms with van der Waals surface area (Å²) < 4.78 is 5.05. The van der Waals surface area contributed by atoms with Gasteiger partial charge >= 0.3 is 0 Å². The zero-order chi connectivity index (χ0) is 11.0. The van der Waals surface area contributed by atoms with Gasteiger partial charge in [-0.25, -0.2) is 0 Å². The smallest absolute Gasteiger partial charge is 0.0791 e. The Morgan fingerprint density at radius 1 is 1.50 bits per heavy atom. The molecule has 0 aromatic heterocycles. The van der Waals surface area contributed by atoms with Crippen LogP contribution in [0.4, 0.5) is 0 Å². The number of hydrogen-bond donors (Lipinski definition) is 2. The Morgan fingerprint density at radius 3 is 2.64 bits per heavy atom. The van der Waals surface area contributed by atoms with Crippen molar-refractivity contribution >= 4 is 0 Å². The van der Waals surface area contributed by atoms with Crippen LogP contribution in [0.3, 0.4) is 0 Å². The lowest BCUT2D eigenvalue weighted by Crippen LogP contribution is -2.41. The molecular weight excluding hydrogens is 180 g/mol. The number of rotatable bonds is 8. The second kappa shape index (κ2) is 8.17. The average molecular weight is 204 g/mol. The van der Waals surface area contributed by atoms with Crippen LogP contribution < -0.4 is 5.32 Å². The number of aliphatic hydroxyl groups is 1. The zero-order valence-electron chi connectivity index (χ0n) is 9.79.